The summed E-state index contributed by atoms with van der Waals surface area (Å²) in [7, 11) is 0. The summed E-state index contributed by atoms with van der Waals surface area (Å²) in [4.78, 5) is 32.2. The number of rotatable bonds is 4. The number of thiophene rings is 1. The lowest BCUT2D eigenvalue weighted by Crippen LogP contribution is -2.52. The van der Waals surface area contributed by atoms with E-state index in [1.54, 1.807) is 11.3 Å². The number of hydrogen-bond acceptors (Lipinski definition) is 5. The molecule has 0 saturated carbocycles. The standard InChI is InChI=1S/C19H20BrN3O3S/c20-14-3-4-16-17(10-14)26-13-19(25)23(16)12-18(24)22-7-5-21(6-8-22)11-15-2-1-9-27-15/h1-4,9-10H,5-8,11-13H2. The second-order valence-electron chi connectivity index (χ2n) is 6.62. The van der Waals surface area contributed by atoms with Crippen molar-refractivity contribution in [3.63, 3.8) is 0 Å². The van der Waals surface area contributed by atoms with E-state index in [1.165, 1.54) is 9.78 Å². The molecule has 2 aromatic rings. The van der Waals surface area contributed by atoms with Crippen molar-refractivity contribution in [3.05, 3.63) is 45.1 Å². The first kappa shape index (κ1) is 18.5. The highest BCUT2D eigenvalue weighted by molar-refractivity contribution is 9.10. The molecular weight excluding hydrogens is 430 g/mol. The highest BCUT2D eigenvalue weighted by Gasteiger charge is 2.30. The van der Waals surface area contributed by atoms with Gasteiger partial charge in [-0.15, -0.1) is 11.3 Å². The minimum Gasteiger partial charge on any atom is -0.482 e. The monoisotopic (exact) mass is 449 g/mol. The fraction of sp³-hybridized carbons (Fsp3) is 0.368. The lowest BCUT2D eigenvalue weighted by atomic mass is 10.2. The number of carbonyl (C=O) groups is 2. The van der Waals surface area contributed by atoms with Crippen molar-refractivity contribution in [1.29, 1.82) is 0 Å². The number of piperazine rings is 1. The topological polar surface area (TPSA) is 53.1 Å². The molecule has 1 saturated heterocycles. The Bertz CT molecular complexity index is 835. The molecule has 2 amide bonds. The molecule has 0 bridgehead atoms. The highest BCUT2D eigenvalue weighted by Crippen LogP contribution is 2.34. The number of fused-ring (bicyclic) bond motifs is 1. The quantitative estimate of drug-likeness (QED) is 0.719. The zero-order valence-corrected chi connectivity index (χ0v) is 17.2. The summed E-state index contributed by atoms with van der Waals surface area (Å²) < 4.78 is 6.36. The van der Waals surface area contributed by atoms with E-state index in [0.717, 1.165) is 24.1 Å². The third kappa shape index (κ3) is 4.17. The van der Waals surface area contributed by atoms with Crippen LogP contribution in [0.2, 0.25) is 0 Å². The van der Waals surface area contributed by atoms with Gasteiger partial charge in [0.2, 0.25) is 5.91 Å². The lowest BCUT2D eigenvalue weighted by Gasteiger charge is -2.36. The third-order valence-electron chi connectivity index (χ3n) is 4.84. The predicted molar refractivity (Wildman–Crippen MR) is 108 cm³/mol. The van der Waals surface area contributed by atoms with E-state index in [2.05, 4.69) is 38.3 Å². The normalized spacial score (nSPS) is 17.6. The van der Waals surface area contributed by atoms with Gasteiger partial charge in [-0.3, -0.25) is 19.4 Å². The molecule has 3 heterocycles. The predicted octanol–water partition coefficient (Wildman–Crippen LogP) is 2.58. The van der Waals surface area contributed by atoms with Crippen LogP contribution in [0.5, 0.6) is 5.75 Å². The molecule has 0 radical (unpaired) electrons. The summed E-state index contributed by atoms with van der Waals surface area (Å²) in [5, 5.41) is 2.09. The zero-order valence-electron chi connectivity index (χ0n) is 14.8. The Balaban J connectivity index is 1.36. The highest BCUT2D eigenvalue weighted by atomic mass is 79.9. The molecule has 0 aliphatic carbocycles. The average Bonchev–Trinajstić information content (AvgIpc) is 3.17. The number of hydrogen-bond donors (Lipinski definition) is 0. The Labute approximate surface area is 170 Å². The SMILES string of the molecule is O=C(CN1C(=O)COc2cc(Br)ccc21)N1CCN(Cc2cccs2)CC1. The molecule has 8 heteroatoms. The molecule has 1 aromatic carbocycles. The van der Waals surface area contributed by atoms with Gasteiger partial charge in [0.1, 0.15) is 12.3 Å². The van der Waals surface area contributed by atoms with Crippen LogP contribution in [0.1, 0.15) is 4.88 Å². The molecule has 142 valence electrons. The first-order valence-corrected chi connectivity index (χ1v) is 10.5. The summed E-state index contributed by atoms with van der Waals surface area (Å²) in [6.45, 7) is 4.04. The van der Waals surface area contributed by atoms with E-state index in [9.17, 15) is 9.59 Å². The maximum atomic E-state index is 12.8. The zero-order chi connectivity index (χ0) is 18.8. The fourth-order valence-corrected chi connectivity index (χ4v) is 4.45. The van der Waals surface area contributed by atoms with Crippen molar-refractivity contribution < 1.29 is 14.3 Å². The molecule has 0 spiro atoms. The largest absolute Gasteiger partial charge is 0.482 e. The summed E-state index contributed by atoms with van der Waals surface area (Å²) in [6.07, 6.45) is 0. The van der Waals surface area contributed by atoms with Crippen molar-refractivity contribution in [1.82, 2.24) is 9.80 Å². The minimum atomic E-state index is -0.186. The van der Waals surface area contributed by atoms with E-state index in [-0.39, 0.29) is 25.0 Å². The van der Waals surface area contributed by atoms with Gasteiger partial charge in [-0.25, -0.2) is 0 Å². The summed E-state index contributed by atoms with van der Waals surface area (Å²) in [5.74, 6) is 0.418. The Morgan fingerprint density at radius 2 is 2.00 bits per heavy atom. The van der Waals surface area contributed by atoms with Gasteiger partial charge in [-0.1, -0.05) is 22.0 Å². The van der Waals surface area contributed by atoms with E-state index < -0.39 is 0 Å². The van der Waals surface area contributed by atoms with Crippen LogP contribution < -0.4 is 9.64 Å². The summed E-state index contributed by atoms with van der Waals surface area (Å²) in [6, 6.07) is 9.68. The number of nitrogens with zero attached hydrogens (tertiary/aromatic N) is 3. The molecule has 0 unspecified atom stereocenters. The molecule has 6 nitrogen and oxygen atoms in total. The van der Waals surface area contributed by atoms with Crippen LogP contribution in [0.25, 0.3) is 0 Å². The Kier molecular flexibility index (Phi) is 5.47. The number of ether oxygens (including phenoxy) is 1. The molecule has 0 atom stereocenters. The van der Waals surface area contributed by atoms with E-state index in [4.69, 9.17) is 4.74 Å². The van der Waals surface area contributed by atoms with E-state index in [0.29, 0.717) is 24.5 Å². The lowest BCUT2D eigenvalue weighted by molar-refractivity contribution is -0.133. The second kappa shape index (κ2) is 8.00. The maximum Gasteiger partial charge on any atom is 0.265 e. The molecule has 0 N–H and O–H groups in total. The van der Waals surface area contributed by atoms with Gasteiger partial charge in [0.25, 0.3) is 5.91 Å². The number of halogens is 1. The van der Waals surface area contributed by atoms with Gasteiger partial charge < -0.3 is 9.64 Å². The molecule has 27 heavy (non-hydrogen) atoms. The first-order chi connectivity index (χ1) is 13.1. The van der Waals surface area contributed by atoms with Crippen molar-refractivity contribution in [2.45, 2.75) is 6.54 Å². The molecule has 4 rings (SSSR count). The van der Waals surface area contributed by atoms with Gasteiger partial charge in [0.15, 0.2) is 6.61 Å². The molecule has 1 fully saturated rings. The Hall–Kier alpha value is -1.90. The van der Waals surface area contributed by atoms with Crippen LogP contribution in [0.3, 0.4) is 0 Å². The Morgan fingerprint density at radius 3 is 2.74 bits per heavy atom. The molecule has 2 aliphatic rings. The summed E-state index contributed by atoms with van der Waals surface area (Å²) >= 11 is 5.16. The smallest absolute Gasteiger partial charge is 0.265 e. The number of anilines is 1. The average molecular weight is 450 g/mol. The van der Waals surface area contributed by atoms with Crippen molar-refractivity contribution in [2.24, 2.45) is 0 Å². The van der Waals surface area contributed by atoms with Gasteiger partial charge in [0.05, 0.1) is 5.69 Å². The Morgan fingerprint density at radius 1 is 1.19 bits per heavy atom. The van der Waals surface area contributed by atoms with Gasteiger partial charge in [-0.2, -0.15) is 0 Å². The minimum absolute atomic E-state index is 0.0186. The van der Waals surface area contributed by atoms with E-state index in [1.807, 2.05) is 23.1 Å². The first-order valence-electron chi connectivity index (χ1n) is 8.85. The van der Waals surface area contributed by atoms with Crippen LogP contribution in [-0.2, 0) is 16.1 Å². The van der Waals surface area contributed by atoms with Crippen LogP contribution in [0.15, 0.2) is 40.2 Å². The van der Waals surface area contributed by atoms with Crippen LogP contribution in [-0.4, -0.2) is 60.9 Å². The van der Waals surface area contributed by atoms with Crippen molar-refractivity contribution >= 4 is 44.8 Å². The molecular formula is C19H20BrN3O3S. The molecule has 1 aromatic heterocycles. The number of benzene rings is 1. The van der Waals surface area contributed by atoms with Crippen molar-refractivity contribution in [2.75, 3.05) is 44.2 Å². The van der Waals surface area contributed by atoms with E-state index >= 15 is 0 Å². The number of amides is 2. The third-order valence-corrected chi connectivity index (χ3v) is 6.20. The number of carbonyl (C=O) groups excluding carboxylic acids is 2. The van der Waals surface area contributed by atoms with Crippen LogP contribution in [0, 0.1) is 0 Å². The van der Waals surface area contributed by atoms with Gasteiger partial charge in [-0.05, 0) is 29.6 Å². The van der Waals surface area contributed by atoms with Crippen LogP contribution in [0.4, 0.5) is 5.69 Å². The van der Waals surface area contributed by atoms with Gasteiger partial charge in [0, 0.05) is 42.1 Å². The second-order valence-corrected chi connectivity index (χ2v) is 8.56. The summed E-state index contributed by atoms with van der Waals surface area (Å²) in [5.41, 5.74) is 0.652. The molecule has 2 aliphatic heterocycles. The van der Waals surface area contributed by atoms with Crippen molar-refractivity contribution in [3.8, 4) is 5.75 Å². The van der Waals surface area contributed by atoms with Crippen LogP contribution >= 0.6 is 27.3 Å². The maximum absolute atomic E-state index is 12.8. The van der Waals surface area contributed by atoms with Gasteiger partial charge >= 0.3 is 0 Å². The fourth-order valence-electron chi connectivity index (χ4n) is 3.37.